The Labute approximate surface area is 143 Å². The summed E-state index contributed by atoms with van der Waals surface area (Å²) in [6.45, 7) is 8.22. The smallest absolute Gasteiger partial charge is 0.277 e. The van der Waals surface area contributed by atoms with Crippen LogP contribution in [-0.2, 0) is 4.79 Å². The summed E-state index contributed by atoms with van der Waals surface area (Å²) in [6.07, 6.45) is 1.62. The number of hydrogen-bond acceptors (Lipinski definition) is 3. The monoisotopic (exact) mass is 324 g/mol. The second-order valence-corrected chi connectivity index (χ2v) is 6.17. The number of aryl methyl sites for hydroxylation is 2. The Hall–Kier alpha value is -2.62. The molecule has 2 aromatic carbocycles. The number of nitrogens with one attached hydrogen (secondary N) is 1. The van der Waals surface area contributed by atoms with Crippen molar-refractivity contribution in [3.05, 3.63) is 64.7 Å². The van der Waals surface area contributed by atoms with Gasteiger partial charge in [-0.15, -0.1) is 0 Å². The van der Waals surface area contributed by atoms with Crippen molar-refractivity contribution in [3.8, 4) is 5.75 Å². The van der Waals surface area contributed by atoms with Gasteiger partial charge in [-0.1, -0.05) is 55.8 Å². The van der Waals surface area contributed by atoms with Crippen molar-refractivity contribution in [1.82, 2.24) is 5.43 Å². The molecular weight excluding hydrogens is 300 g/mol. The first kappa shape index (κ1) is 17.7. The number of ether oxygens (including phenoxy) is 1. The van der Waals surface area contributed by atoms with Crippen molar-refractivity contribution < 1.29 is 9.53 Å². The summed E-state index contributed by atoms with van der Waals surface area (Å²) in [4.78, 5) is 11.8. The third-order valence-corrected chi connectivity index (χ3v) is 3.70. The Morgan fingerprint density at radius 2 is 1.88 bits per heavy atom. The zero-order valence-corrected chi connectivity index (χ0v) is 14.7. The minimum Gasteiger partial charge on any atom is -0.483 e. The number of hydrogen-bond donors (Lipinski definition) is 1. The number of carbonyl (C=O) groups is 1. The molecule has 1 amide bonds. The van der Waals surface area contributed by atoms with Crippen LogP contribution in [0.15, 0.2) is 47.6 Å². The normalized spacial score (nSPS) is 11.0. The lowest BCUT2D eigenvalue weighted by molar-refractivity contribution is -0.123. The molecule has 1 N–H and O–H groups in total. The van der Waals surface area contributed by atoms with E-state index in [1.807, 2.05) is 44.2 Å². The molecule has 0 aliphatic rings. The zero-order valence-electron chi connectivity index (χ0n) is 14.7. The highest BCUT2D eigenvalue weighted by Crippen LogP contribution is 2.18. The zero-order chi connectivity index (χ0) is 17.5. The van der Waals surface area contributed by atoms with Crippen molar-refractivity contribution >= 4 is 12.1 Å². The van der Waals surface area contributed by atoms with E-state index in [9.17, 15) is 4.79 Å². The third kappa shape index (κ3) is 5.23. The van der Waals surface area contributed by atoms with E-state index in [4.69, 9.17) is 4.74 Å². The molecular formula is C20H24N2O2. The first-order chi connectivity index (χ1) is 11.5. The fraction of sp³-hybridized carbons (Fsp3) is 0.300. The molecule has 0 aromatic heterocycles. The molecule has 4 heteroatoms. The number of nitrogens with zero attached hydrogens (tertiary/aromatic N) is 1. The number of carbonyl (C=O) groups excluding carboxylic acids is 1. The highest BCUT2D eigenvalue weighted by Gasteiger charge is 2.04. The summed E-state index contributed by atoms with van der Waals surface area (Å²) >= 11 is 0. The van der Waals surface area contributed by atoms with Gasteiger partial charge >= 0.3 is 0 Å². The Bertz CT molecular complexity index is 719. The molecule has 0 radical (unpaired) electrons. The van der Waals surface area contributed by atoms with Gasteiger partial charge in [0.25, 0.3) is 5.91 Å². The Morgan fingerprint density at radius 1 is 1.17 bits per heavy atom. The van der Waals surface area contributed by atoms with E-state index in [1.165, 1.54) is 5.56 Å². The summed E-state index contributed by atoms with van der Waals surface area (Å²) in [6, 6.07) is 13.9. The van der Waals surface area contributed by atoms with E-state index < -0.39 is 0 Å². The fourth-order valence-electron chi connectivity index (χ4n) is 2.28. The highest BCUT2D eigenvalue weighted by molar-refractivity contribution is 5.82. The third-order valence-electron chi connectivity index (χ3n) is 3.70. The largest absolute Gasteiger partial charge is 0.483 e. The van der Waals surface area contributed by atoms with Crippen molar-refractivity contribution in [2.75, 3.05) is 6.61 Å². The standard InChI is InChI=1S/C20H24N2O2/c1-14(2)18-8-6-17(7-9-18)12-21-22-20(23)13-24-19-10-5-15(3)11-16(19)4/h5-12,14H,13H2,1-4H3,(H,22,23)/b21-12-. The van der Waals surface area contributed by atoms with Crippen LogP contribution in [0, 0.1) is 13.8 Å². The Morgan fingerprint density at radius 3 is 2.50 bits per heavy atom. The first-order valence-corrected chi connectivity index (χ1v) is 8.07. The van der Waals surface area contributed by atoms with Gasteiger partial charge in [-0.2, -0.15) is 5.10 Å². The lowest BCUT2D eigenvalue weighted by Gasteiger charge is -2.08. The molecule has 0 atom stereocenters. The second kappa shape index (κ2) is 8.29. The molecule has 24 heavy (non-hydrogen) atoms. The molecule has 0 unspecified atom stereocenters. The number of hydrazone groups is 1. The van der Waals surface area contributed by atoms with Crippen molar-refractivity contribution in [2.45, 2.75) is 33.6 Å². The van der Waals surface area contributed by atoms with Crippen LogP contribution in [0.25, 0.3) is 0 Å². The minimum absolute atomic E-state index is 0.0620. The van der Waals surface area contributed by atoms with E-state index >= 15 is 0 Å². The number of benzene rings is 2. The average molecular weight is 324 g/mol. The fourth-order valence-corrected chi connectivity index (χ4v) is 2.28. The average Bonchev–Trinajstić information content (AvgIpc) is 2.54. The predicted molar refractivity (Wildman–Crippen MR) is 97.7 cm³/mol. The SMILES string of the molecule is Cc1ccc(OCC(=O)N/N=C\c2ccc(C(C)C)cc2)c(C)c1. The minimum atomic E-state index is -0.287. The predicted octanol–water partition coefficient (Wildman–Crippen LogP) is 3.96. The van der Waals surface area contributed by atoms with Crippen LogP contribution in [0.4, 0.5) is 0 Å². The van der Waals surface area contributed by atoms with Crippen LogP contribution in [-0.4, -0.2) is 18.7 Å². The lowest BCUT2D eigenvalue weighted by atomic mass is 10.0. The summed E-state index contributed by atoms with van der Waals surface area (Å²) in [5, 5.41) is 3.96. The molecule has 0 aliphatic carbocycles. The van der Waals surface area contributed by atoms with E-state index in [0.29, 0.717) is 11.7 Å². The van der Waals surface area contributed by atoms with Gasteiger partial charge in [-0.25, -0.2) is 5.43 Å². The quantitative estimate of drug-likeness (QED) is 0.646. The van der Waals surface area contributed by atoms with Crippen LogP contribution >= 0.6 is 0 Å². The molecule has 2 aromatic rings. The van der Waals surface area contributed by atoms with Gasteiger partial charge in [-0.05, 0) is 42.5 Å². The molecule has 0 heterocycles. The maximum atomic E-state index is 11.8. The summed E-state index contributed by atoms with van der Waals surface area (Å²) in [5.41, 5.74) is 6.87. The second-order valence-electron chi connectivity index (χ2n) is 6.17. The van der Waals surface area contributed by atoms with Gasteiger partial charge < -0.3 is 4.74 Å². The maximum Gasteiger partial charge on any atom is 0.277 e. The maximum absolute atomic E-state index is 11.8. The van der Waals surface area contributed by atoms with Crippen LogP contribution in [0.2, 0.25) is 0 Å². The van der Waals surface area contributed by atoms with E-state index in [0.717, 1.165) is 16.7 Å². The Kier molecular flexibility index (Phi) is 6.13. The number of rotatable bonds is 6. The molecule has 0 saturated heterocycles. The molecule has 0 bridgehead atoms. The molecule has 0 aliphatic heterocycles. The Balaban J connectivity index is 1.82. The first-order valence-electron chi connectivity index (χ1n) is 8.07. The summed E-state index contributed by atoms with van der Waals surface area (Å²) in [7, 11) is 0. The summed E-state index contributed by atoms with van der Waals surface area (Å²) in [5.74, 6) is 0.923. The van der Waals surface area contributed by atoms with Crippen molar-refractivity contribution in [3.63, 3.8) is 0 Å². The van der Waals surface area contributed by atoms with Crippen LogP contribution in [0.1, 0.15) is 42.0 Å². The number of amides is 1. The molecule has 2 rings (SSSR count). The van der Waals surface area contributed by atoms with Crippen LogP contribution < -0.4 is 10.2 Å². The van der Waals surface area contributed by atoms with Crippen LogP contribution in [0.5, 0.6) is 5.75 Å². The van der Waals surface area contributed by atoms with Crippen molar-refractivity contribution in [2.24, 2.45) is 5.10 Å². The topological polar surface area (TPSA) is 50.7 Å². The lowest BCUT2D eigenvalue weighted by Crippen LogP contribution is -2.24. The van der Waals surface area contributed by atoms with Crippen molar-refractivity contribution in [1.29, 1.82) is 0 Å². The van der Waals surface area contributed by atoms with Gasteiger partial charge in [0.1, 0.15) is 5.75 Å². The van der Waals surface area contributed by atoms with Gasteiger partial charge in [0.2, 0.25) is 0 Å². The van der Waals surface area contributed by atoms with E-state index in [1.54, 1.807) is 6.21 Å². The molecule has 0 saturated carbocycles. The molecule has 4 nitrogen and oxygen atoms in total. The van der Waals surface area contributed by atoms with Gasteiger partial charge in [0.15, 0.2) is 6.61 Å². The van der Waals surface area contributed by atoms with E-state index in [-0.39, 0.29) is 12.5 Å². The highest BCUT2D eigenvalue weighted by atomic mass is 16.5. The molecule has 0 fully saturated rings. The summed E-state index contributed by atoms with van der Waals surface area (Å²) < 4.78 is 5.51. The van der Waals surface area contributed by atoms with Gasteiger partial charge in [0.05, 0.1) is 6.21 Å². The van der Waals surface area contributed by atoms with E-state index in [2.05, 4.69) is 36.5 Å². The van der Waals surface area contributed by atoms with Gasteiger partial charge in [0, 0.05) is 0 Å². The van der Waals surface area contributed by atoms with Gasteiger partial charge in [-0.3, -0.25) is 4.79 Å². The van der Waals surface area contributed by atoms with Crippen LogP contribution in [0.3, 0.4) is 0 Å². The molecule has 0 spiro atoms. The molecule has 126 valence electrons.